The Kier molecular flexibility index (Phi) is 3.31. The fraction of sp³-hybridized carbons (Fsp3) is 0.500. The molecule has 1 heterocycles. The zero-order chi connectivity index (χ0) is 12.5. The molecular weight excluding hydrogens is 214 g/mol. The largest absolute Gasteiger partial charge is 0.379 e. The summed E-state index contributed by atoms with van der Waals surface area (Å²) in [7, 11) is 0. The summed E-state index contributed by atoms with van der Waals surface area (Å²) in [5, 5.41) is 0. The summed E-state index contributed by atoms with van der Waals surface area (Å²) in [6.45, 7) is 4.86. The van der Waals surface area contributed by atoms with Crippen molar-refractivity contribution in [1.82, 2.24) is 0 Å². The van der Waals surface area contributed by atoms with Crippen molar-refractivity contribution in [2.75, 3.05) is 13.2 Å². The molecule has 2 N–H and O–H groups in total. The molecule has 1 aliphatic rings. The molecule has 2 atom stereocenters. The van der Waals surface area contributed by atoms with Crippen LogP contribution in [0.5, 0.6) is 0 Å². The van der Waals surface area contributed by atoms with E-state index in [9.17, 15) is 4.79 Å². The summed E-state index contributed by atoms with van der Waals surface area (Å²) in [6.07, 6.45) is 0.445. The van der Waals surface area contributed by atoms with Gasteiger partial charge in [0, 0.05) is 12.5 Å². The summed E-state index contributed by atoms with van der Waals surface area (Å²) < 4.78 is 5.32. The minimum Gasteiger partial charge on any atom is -0.379 e. The van der Waals surface area contributed by atoms with Gasteiger partial charge in [-0.2, -0.15) is 0 Å². The van der Waals surface area contributed by atoms with Gasteiger partial charge in [0.25, 0.3) is 0 Å². The van der Waals surface area contributed by atoms with Gasteiger partial charge >= 0.3 is 0 Å². The highest BCUT2D eigenvalue weighted by molar-refractivity contribution is 5.88. The van der Waals surface area contributed by atoms with Gasteiger partial charge in [-0.3, -0.25) is 4.79 Å². The Morgan fingerprint density at radius 2 is 2.24 bits per heavy atom. The average molecular weight is 233 g/mol. The van der Waals surface area contributed by atoms with E-state index in [1.807, 2.05) is 38.1 Å². The van der Waals surface area contributed by atoms with E-state index < -0.39 is 5.41 Å². The molecule has 0 amide bonds. The first-order valence-corrected chi connectivity index (χ1v) is 5.95. The van der Waals surface area contributed by atoms with Crippen LogP contribution in [-0.4, -0.2) is 25.0 Å². The van der Waals surface area contributed by atoms with E-state index in [4.69, 9.17) is 10.5 Å². The van der Waals surface area contributed by atoms with Crippen LogP contribution in [0.2, 0.25) is 0 Å². The molecule has 1 aromatic carbocycles. The monoisotopic (exact) mass is 233 g/mol. The number of hydrogen-bond acceptors (Lipinski definition) is 3. The Labute approximate surface area is 102 Å². The first-order valence-electron chi connectivity index (χ1n) is 5.95. The van der Waals surface area contributed by atoms with E-state index in [-0.39, 0.29) is 11.8 Å². The van der Waals surface area contributed by atoms with Crippen LogP contribution >= 0.6 is 0 Å². The third-order valence-electron chi connectivity index (χ3n) is 3.77. The molecular formula is C14H19NO2. The van der Waals surface area contributed by atoms with Crippen LogP contribution in [0.4, 0.5) is 0 Å². The number of nitrogens with two attached hydrogens (primary N) is 1. The van der Waals surface area contributed by atoms with Crippen LogP contribution < -0.4 is 5.73 Å². The predicted octanol–water partition coefficient (Wildman–Crippen LogP) is 1.47. The highest BCUT2D eigenvalue weighted by atomic mass is 16.5. The molecule has 1 aliphatic heterocycles. The van der Waals surface area contributed by atoms with E-state index in [2.05, 4.69) is 0 Å². The first-order chi connectivity index (χ1) is 8.04. The highest BCUT2D eigenvalue weighted by Gasteiger charge is 2.43. The minimum absolute atomic E-state index is 0.178. The number of rotatable bonds is 3. The molecule has 0 saturated carbocycles. The summed E-state index contributed by atoms with van der Waals surface area (Å²) in [4.78, 5) is 12.3. The van der Waals surface area contributed by atoms with Crippen LogP contribution in [0.25, 0.3) is 0 Å². The average Bonchev–Trinajstić information content (AvgIpc) is 2.64. The normalized spacial score (nSPS) is 28.3. The van der Waals surface area contributed by atoms with Gasteiger partial charge in [-0.25, -0.2) is 0 Å². The molecule has 2 unspecified atom stereocenters. The maximum Gasteiger partial charge on any atom is 0.147 e. The molecule has 1 fully saturated rings. The second-order valence-electron chi connectivity index (χ2n) is 5.07. The van der Waals surface area contributed by atoms with E-state index in [0.29, 0.717) is 19.6 Å². The SMILES string of the molecule is Cc1ccccc1CC(=O)C1(C)COCC1N. The van der Waals surface area contributed by atoms with Gasteiger partial charge in [0.2, 0.25) is 0 Å². The lowest BCUT2D eigenvalue weighted by Crippen LogP contribution is -2.45. The molecule has 0 aliphatic carbocycles. The summed E-state index contributed by atoms with van der Waals surface area (Å²) in [5.74, 6) is 0.178. The number of ketones is 1. The van der Waals surface area contributed by atoms with Gasteiger partial charge in [-0.1, -0.05) is 24.3 Å². The topological polar surface area (TPSA) is 52.3 Å². The van der Waals surface area contributed by atoms with Crippen molar-refractivity contribution in [3.63, 3.8) is 0 Å². The van der Waals surface area contributed by atoms with Crippen molar-refractivity contribution in [2.24, 2.45) is 11.1 Å². The Morgan fingerprint density at radius 1 is 1.53 bits per heavy atom. The van der Waals surface area contributed by atoms with Crippen molar-refractivity contribution >= 4 is 5.78 Å². The number of ether oxygens (including phenoxy) is 1. The molecule has 0 bridgehead atoms. The third-order valence-corrected chi connectivity index (χ3v) is 3.77. The van der Waals surface area contributed by atoms with E-state index in [0.717, 1.165) is 11.1 Å². The zero-order valence-corrected chi connectivity index (χ0v) is 10.4. The maximum absolute atomic E-state index is 12.3. The molecule has 17 heavy (non-hydrogen) atoms. The van der Waals surface area contributed by atoms with Crippen molar-refractivity contribution in [1.29, 1.82) is 0 Å². The van der Waals surface area contributed by atoms with Crippen LogP contribution in [0, 0.1) is 12.3 Å². The number of hydrogen-bond donors (Lipinski definition) is 1. The molecule has 2 rings (SSSR count). The Bertz CT molecular complexity index is 430. The fourth-order valence-electron chi connectivity index (χ4n) is 2.16. The number of Topliss-reactive ketones (excluding diaryl/α,β-unsaturated/α-hetero) is 1. The number of benzene rings is 1. The zero-order valence-electron chi connectivity index (χ0n) is 10.4. The lowest BCUT2D eigenvalue weighted by molar-refractivity contribution is -0.127. The molecule has 0 aromatic heterocycles. The number of carbonyl (C=O) groups excluding carboxylic acids is 1. The van der Waals surface area contributed by atoms with Crippen LogP contribution in [0.3, 0.4) is 0 Å². The van der Waals surface area contributed by atoms with Crippen LogP contribution in [0.15, 0.2) is 24.3 Å². The van der Waals surface area contributed by atoms with Crippen LogP contribution in [-0.2, 0) is 16.0 Å². The fourth-order valence-corrected chi connectivity index (χ4v) is 2.16. The second-order valence-corrected chi connectivity index (χ2v) is 5.07. The lowest BCUT2D eigenvalue weighted by atomic mass is 9.79. The molecule has 1 aromatic rings. The van der Waals surface area contributed by atoms with Gasteiger partial charge < -0.3 is 10.5 Å². The minimum atomic E-state index is -0.526. The third kappa shape index (κ3) is 2.26. The summed E-state index contributed by atoms with van der Waals surface area (Å²) >= 11 is 0. The van der Waals surface area contributed by atoms with Crippen molar-refractivity contribution in [2.45, 2.75) is 26.3 Å². The quantitative estimate of drug-likeness (QED) is 0.860. The molecule has 1 saturated heterocycles. The summed E-state index contributed by atoms with van der Waals surface area (Å²) in [5.41, 5.74) is 7.67. The molecule has 92 valence electrons. The lowest BCUT2D eigenvalue weighted by Gasteiger charge is -2.25. The molecule has 3 heteroatoms. The van der Waals surface area contributed by atoms with E-state index in [1.54, 1.807) is 0 Å². The second kappa shape index (κ2) is 4.59. The molecule has 3 nitrogen and oxygen atoms in total. The Balaban J connectivity index is 2.15. The highest BCUT2D eigenvalue weighted by Crippen LogP contribution is 2.29. The molecule has 0 radical (unpaired) electrons. The van der Waals surface area contributed by atoms with E-state index in [1.165, 1.54) is 0 Å². The summed E-state index contributed by atoms with van der Waals surface area (Å²) in [6, 6.07) is 7.78. The van der Waals surface area contributed by atoms with Crippen molar-refractivity contribution in [3.8, 4) is 0 Å². The van der Waals surface area contributed by atoms with Crippen molar-refractivity contribution in [3.05, 3.63) is 35.4 Å². The van der Waals surface area contributed by atoms with Gasteiger partial charge in [-0.15, -0.1) is 0 Å². The van der Waals surface area contributed by atoms with Gasteiger partial charge in [0.05, 0.1) is 18.6 Å². The van der Waals surface area contributed by atoms with Crippen molar-refractivity contribution < 1.29 is 9.53 Å². The predicted molar refractivity (Wildman–Crippen MR) is 66.8 cm³/mol. The van der Waals surface area contributed by atoms with Crippen LogP contribution in [0.1, 0.15) is 18.1 Å². The van der Waals surface area contributed by atoms with E-state index >= 15 is 0 Å². The van der Waals surface area contributed by atoms with Gasteiger partial charge in [-0.05, 0) is 25.0 Å². The Morgan fingerprint density at radius 3 is 2.82 bits per heavy atom. The number of aryl methyl sites for hydroxylation is 1. The number of carbonyl (C=O) groups is 1. The molecule has 0 spiro atoms. The van der Waals surface area contributed by atoms with Gasteiger partial charge in [0.15, 0.2) is 0 Å². The van der Waals surface area contributed by atoms with Gasteiger partial charge in [0.1, 0.15) is 5.78 Å². The smallest absolute Gasteiger partial charge is 0.147 e. The first kappa shape index (κ1) is 12.3. The maximum atomic E-state index is 12.3. The Hall–Kier alpha value is -1.19. The standard InChI is InChI=1S/C14H19NO2/c1-10-5-3-4-6-11(10)7-13(16)14(2)9-17-8-12(14)15/h3-6,12H,7-9,15H2,1-2H3.